The van der Waals surface area contributed by atoms with E-state index in [0.717, 1.165) is 6.42 Å². The molecule has 1 rings (SSSR count). The van der Waals surface area contributed by atoms with Crippen LogP contribution in [0.25, 0.3) is 0 Å². The van der Waals surface area contributed by atoms with E-state index in [9.17, 15) is 0 Å². The molecule has 0 bridgehead atoms. The molecule has 13 heavy (non-hydrogen) atoms. The highest BCUT2D eigenvalue weighted by Gasteiger charge is 1.85. The Hall–Kier alpha value is -0.780. The Labute approximate surface area is 82.0 Å². The molecule has 0 spiro atoms. The molecule has 0 unspecified atom stereocenters. The maximum atomic E-state index is 3.34. The van der Waals surface area contributed by atoms with Gasteiger partial charge in [-0.25, -0.2) is 0 Å². The Bertz CT molecular complexity index is 184. The molecule has 0 atom stereocenters. The van der Waals surface area contributed by atoms with Crippen LogP contribution in [0.1, 0.15) is 44.9 Å². The smallest absolute Gasteiger partial charge is 0.0276 e. The molecule has 0 amide bonds. The Morgan fingerprint density at radius 1 is 0.769 bits per heavy atom. The van der Waals surface area contributed by atoms with Gasteiger partial charge in [0.05, 0.1) is 0 Å². The lowest BCUT2D eigenvalue weighted by molar-refractivity contribution is 0.757. The second-order valence-electron chi connectivity index (χ2n) is 3.44. The van der Waals surface area contributed by atoms with Crippen LogP contribution >= 0.6 is 0 Å². The maximum Gasteiger partial charge on any atom is -0.0276 e. The minimum atomic E-state index is 1.12. The van der Waals surface area contributed by atoms with Crippen molar-refractivity contribution in [2.75, 3.05) is 0 Å². The van der Waals surface area contributed by atoms with Gasteiger partial charge in [-0.1, -0.05) is 30.4 Å². The molecule has 0 aromatic heterocycles. The molecule has 0 aromatic rings. The van der Waals surface area contributed by atoms with E-state index in [1.807, 2.05) is 0 Å². The molecule has 0 aromatic carbocycles. The highest BCUT2D eigenvalue weighted by Crippen LogP contribution is 2.04. The summed E-state index contributed by atoms with van der Waals surface area (Å²) in [7, 11) is 0. The van der Waals surface area contributed by atoms with Gasteiger partial charge >= 0.3 is 0 Å². The van der Waals surface area contributed by atoms with E-state index in [-0.39, 0.29) is 0 Å². The van der Waals surface area contributed by atoms with Crippen molar-refractivity contribution in [3.8, 4) is 0 Å². The van der Waals surface area contributed by atoms with Crippen molar-refractivity contribution in [1.82, 2.24) is 0 Å². The van der Waals surface area contributed by atoms with E-state index in [0.29, 0.717) is 0 Å². The molecule has 1 radical (unpaired) electrons. The predicted molar refractivity (Wildman–Crippen MR) is 58.4 cm³/mol. The number of hydrogen-bond donors (Lipinski definition) is 0. The SMILES string of the molecule is [C]1=C/CCCC/C=C/C=C\CCC/1. The first kappa shape index (κ1) is 10.3. The summed E-state index contributed by atoms with van der Waals surface area (Å²) in [5.41, 5.74) is 0. The van der Waals surface area contributed by atoms with Crippen LogP contribution in [0.4, 0.5) is 0 Å². The van der Waals surface area contributed by atoms with Gasteiger partial charge in [-0.2, -0.15) is 0 Å². The lowest BCUT2D eigenvalue weighted by atomic mass is 10.1. The third kappa shape index (κ3) is 6.39. The maximum absolute atomic E-state index is 3.34. The van der Waals surface area contributed by atoms with Crippen LogP contribution < -0.4 is 0 Å². The quantitative estimate of drug-likeness (QED) is 0.517. The van der Waals surface area contributed by atoms with Crippen molar-refractivity contribution in [3.05, 3.63) is 36.5 Å². The van der Waals surface area contributed by atoms with Crippen LogP contribution in [-0.4, -0.2) is 0 Å². The summed E-state index contributed by atoms with van der Waals surface area (Å²) in [5.74, 6) is 0. The van der Waals surface area contributed by atoms with Crippen LogP contribution in [0, 0.1) is 6.08 Å². The minimum Gasteiger partial charge on any atom is -0.0845 e. The minimum absolute atomic E-state index is 1.12. The van der Waals surface area contributed by atoms with E-state index >= 15 is 0 Å². The largest absolute Gasteiger partial charge is 0.0845 e. The fraction of sp³-hybridized carbons (Fsp3) is 0.538. The van der Waals surface area contributed by atoms with E-state index in [4.69, 9.17) is 0 Å². The van der Waals surface area contributed by atoms with E-state index in [1.54, 1.807) is 0 Å². The Morgan fingerprint density at radius 3 is 2.31 bits per heavy atom. The van der Waals surface area contributed by atoms with Crippen LogP contribution in [0.3, 0.4) is 0 Å². The van der Waals surface area contributed by atoms with Gasteiger partial charge in [-0.3, -0.25) is 0 Å². The summed E-state index contributed by atoms with van der Waals surface area (Å²) >= 11 is 0. The van der Waals surface area contributed by atoms with Gasteiger partial charge in [0.2, 0.25) is 0 Å². The highest BCUT2D eigenvalue weighted by molar-refractivity contribution is 5.02. The Balaban J connectivity index is 2.28. The lowest BCUT2D eigenvalue weighted by Crippen LogP contribution is -1.73. The molecule has 0 aliphatic heterocycles. The second-order valence-corrected chi connectivity index (χ2v) is 3.44. The average molecular weight is 175 g/mol. The van der Waals surface area contributed by atoms with Gasteiger partial charge in [0.1, 0.15) is 0 Å². The molecule has 1 aliphatic rings. The molecule has 0 N–H and O–H groups in total. The fourth-order valence-corrected chi connectivity index (χ4v) is 1.38. The van der Waals surface area contributed by atoms with Crippen molar-refractivity contribution in [2.24, 2.45) is 0 Å². The Morgan fingerprint density at radius 2 is 1.46 bits per heavy atom. The van der Waals surface area contributed by atoms with Gasteiger partial charge in [-0.05, 0) is 51.0 Å². The van der Waals surface area contributed by atoms with Gasteiger partial charge in [0.25, 0.3) is 0 Å². The number of rotatable bonds is 0. The normalized spacial score (nSPS) is 27.7. The van der Waals surface area contributed by atoms with Crippen LogP contribution in [0.2, 0.25) is 0 Å². The van der Waals surface area contributed by atoms with Crippen molar-refractivity contribution < 1.29 is 0 Å². The number of hydrogen-bond acceptors (Lipinski definition) is 0. The molecule has 0 heterocycles. The zero-order valence-electron chi connectivity index (χ0n) is 8.34. The Kier molecular flexibility index (Phi) is 6.22. The first-order valence-corrected chi connectivity index (χ1v) is 5.37. The van der Waals surface area contributed by atoms with Gasteiger partial charge in [0.15, 0.2) is 0 Å². The van der Waals surface area contributed by atoms with E-state index < -0.39 is 0 Å². The standard InChI is InChI=1S/C13H19/c1-2-4-6-8-10-12-13-11-9-7-5-3-1/h1-4,13H,5-11H2/b3-1+,4-2-,13-12?. The number of allylic oxidation sites excluding steroid dienone is 6. The van der Waals surface area contributed by atoms with E-state index in [2.05, 4.69) is 36.5 Å². The molecular formula is C13H19. The summed E-state index contributed by atoms with van der Waals surface area (Å²) in [6.45, 7) is 0. The highest BCUT2D eigenvalue weighted by atomic mass is 13.9. The topological polar surface area (TPSA) is 0 Å². The van der Waals surface area contributed by atoms with Crippen molar-refractivity contribution in [3.63, 3.8) is 0 Å². The fourth-order valence-electron chi connectivity index (χ4n) is 1.38. The first-order valence-electron chi connectivity index (χ1n) is 5.37. The van der Waals surface area contributed by atoms with Gasteiger partial charge < -0.3 is 0 Å². The lowest BCUT2D eigenvalue weighted by Gasteiger charge is -1.92. The average Bonchev–Trinajstić information content (AvgIpc) is 2.18. The summed E-state index contributed by atoms with van der Waals surface area (Å²) < 4.78 is 0. The van der Waals surface area contributed by atoms with Crippen LogP contribution in [0.5, 0.6) is 0 Å². The summed E-state index contributed by atoms with van der Waals surface area (Å²) in [6.07, 6.45) is 23.0. The molecular weight excluding hydrogens is 156 g/mol. The molecule has 0 heteroatoms. The van der Waals surface area contributed by atoms with Crippen LogP contribution in [-0.2, 0) is 0 Å². The molecule has 71 valence electrons. The molecule has 0 saturated heterocycles. The summed E-state index contributed by atoms with van der Waals surface area (Å²) in [6, 6.07) is 0. The molecule has 0 saturated carbocycles. The zero-order chi connectivity index (χ0) is 9.19. The van der Waals surface area contributed by atoms with Gasteiger partial charge in [0, 0.05) is 0 Å². The molecule has 0 nitrogen and oxygen atoms in total. The third-order valence-electron chi connectivity index (χ3n) is 2.19. The summed E-state index contributed by atoms with van der Waals surface area (Å²) in [4.78, 5) is 0. The van der Waals surface area contributed by atoms with Crippen molar-refractivity contribution >= 4 is 0 Å². The molecule has 1 aliphatic carbocycles. The third-order valence-corrected chi connectivity index (χ3v) is 2.19. The zero-order valence-corrected chi connectivity index (χ0v) is 8.34. The van der Waals surface area contributed by atoms with E-state index in [1.165, 1.54) is 38.5 Å². The monoisotopic (exact) mass is 175 g/mol. The first-order chi connectivity index (χ1) is 6.50. The predicted octanol–water partition coefficient (Wildman–Crippen LogP) is 4.20. The summed E-state index contributed by atoms with van der Waals surface area (Å²) in [5, 5.41) is 0. The van der Waals surface area contributed by atoms with Crippen molar-refractivity contribution in [1.29, 1.82) is 0 Å². The van der Waals surface area contributed by atoms with Crippen molar-refractivity contribution in [2.45, 2.75) is 44.9 Å². The van der Waals surface area contributed by atoms with Gasteiger partial charge in [-0.15, -0.1) is 0 Å². The molecule has 0 fully saturated rings. The van der Waals surface area contributed by atoms with Crippen LogP contribution in [0.15, 0.2) is 30.4 Å². The second kappa shape index (κ2) is 7.85.